The lowest BCUT2D eigenvalue weighted by Gasteiger charge is -2.32. The second-order valence-electron chi connectivity index (χ2n) is 5.06. The number of fused-ring (bicyclic) bond motifs is 1. The molecule has 0 aromatic carbocycles. The van der Waals surface area contributed by atoms with Crippen molar-refractivity contribution in [1.29, 1.82) is 0 Å². The van der Waals surface area contributed by atoms with Crippen LogP contribution in [-0.2, 0) is 22.8 Å². The Bertz CT molecular complexity index is 511. The zero-order valence-electron chi connectivity index (χ0n) is 10.2. The summed E-state index contributed by atoms with van der Waals surface area (Å²) in [5.41, 5.74) is 2.32. The summed E-state index contributed by atoms with van der Waals surface area (Å²) in [6, 6.07) is 0.376. The highest BCUT2D eigenvalue weighted by atomic mass is 32.2. The Balaban J connectivity index is 1.56. The molecular formula is C11H18N4O2S. The third kappa shape index (κ3) is 2.57. The van der Waals surface area contributed by atoms with Crippen molar-refractivity contribution >= 4 is 9.84 Å². The molecule has 0 bridgehead atoms. The highest BCUT2D eigenvalue weighted by Gasteiger charge is 2.26. The lowest BCUT2D eigenvalue weighted by Crippen LogP contribution is -2.49. The van der Waals surface area contributed by atoms with Gasteiger partial charge in [0, 0.05) is 38.6 Å². The molecule has 0 aliphatic carbocycles. The van der Waals surface area contributed by atoms with Crippen molar-refractivity contribution in [2.45, 2.75) is 19.0 Å². The first kappa shape index (κ1) is 12.1. The Morgan fingerprint density at radius 1 is 1.39 bits per heavy atom. The van der Waals surface area contributed by atoms with Crippen LogP contribution < -0.4 is 5.32 Å². The molecule has 18 heavy (non-hydrogen) atoms. The van der Waals surface area contributed by atoms with Gasteiger partial charge in [-0.15, -0.1) is 0 Å². The molecule has 1 unspecified atom stereocenters. The highest BCUT2D eigenvalue weighted by Crippen LogP contribution is 2.14. The van der Waals surface area contributed by atoms with E-state index in [1.165, 1.54) is 5.69 Å². The molecule has 3 rings (SSSR count). The molecule has 6 nitrogen and oxygen atoms in total. The number of hydrogen-bond acceptors (Lipinski definition) is 5. The molecule has 1 saturated heterocycles. The fraction of sp³-hybridized carbons (Fsp3) is 0.727. The largest absolute Gasteiger partial charge is 0.347 e. The van der Waals surface area contributed by atoms with Gasteiger partial charge in [-0.3, -0.25) is 4.90 Å². The molecule has 1 atom stereocenters. The van der Waals surface area contributed by atoms with E-state index in [1.807, 2.05) is 0 Å². The van der Waals surface area contributed by atoms with Gasteiger partial charge >= 0.3 is 0 Å². The second kappa shape index (κ2) is 4.64. The number of nitrogens with zero attached hydrogens (tertiary/aromatic N) is 2. The SMILES string of the molecule is O=S1(=O)CCN(CC2Cc3nc[nH]c3CN2)CC1. The third-order valence-electron chi connectivity index (χ3n) is 3.73. The van der Waals surface area contributed by atoms with Gasteiger partial charge in [0.05, 0.1) is 29.2 Å². The van der Waals surface area contributed by atoms with Gasteiger partial charge in [-0.25, -0.2) is 13.4 Å². The molecule has 2 aliphatic rings. The number of aromatic amines is 1. The van der Waals surface area contributed by atoms with E-state index in [9.17, 15) is 8.42 Å². The first-order chi connectivity index (χ1) is 8.62. The van der Waals surface area contributed by atoms with E-state index in [1.54, 1.807) is 6.33 Å². The zero-order chi connectivity index (χ0) is 12.6. The summed E-state index contributed by atoms with van der Waals surface area (Å²) in [6.45, 7) is 3.05. The van der Waals surface area contributed by atoms with Crippen LogP contribution in [0.5, 0.6) is 0 Å². The first-order valence-corrected chi connectivity index (χ1v) is 8.12. The predicted molar refractivity (Wildman–Crippen MR) is 68.0 cm³/mol. The molecule has 3 heterocycles. The molecule has 0 spiro atoms. The Hall–Kier alpha value is -0.920. The molecule has 7 heteroatoms. The van der Waals surface area contributed by atoms with Crippen LogP contribution in [0.2, 0.25) is 0 Å². The molecule has 0 amide bonds. The summed E-state index contributed by atoms with van der Waals surface area (Å²) in [5, 5.41) is 3.47. The number of sulfone groups is 1. The smallest absolute Gasteiger partial charge is 0.152 e. The van der Waals surface area contributed by atoms with E-state index >= 15 is 0 Å². The number of aromatic nitrogens is 2. The van der Waals surface area contributed by atoms with E-state index in [4.69, 9.17) is 0 Å². The quantitative estimate of drug-likeness (QED) is 0.732. The fourth-order valence-corrected chi connectivity index (χ4v) is 3.88. The van der Waals surface area contributed by atoms with Crippen LogP contribution in [0, 0.1) is 0 Å². The monoisotopic (exact) mass is 270 g/mol. The van der Waals surface area contributed by atoms with Crippen molar-refractivity contribution < 1.29 is 8.42 Å². The third-order valence-corrected chi connectivity index (χ3v) is 5.34. The average molecular weight is 270 g/mol. The molecule has 2 N–H and O–H groups in total. The summed E-state index contributed by atoms with van der Waals surface area (Å²) in [5.74, 6) is 0.598. The van der Waals surface area contributed by atoms with Crippen LogP contribution in [0.15, 0.2) is 6.33 Å². The van der Waals surface area contributed by atoms with E-state index in [0.717, 1.165) is 25.2 Å². The maximum Gasteiger partial charge on any atom is 0.152 e. The lowest BCUT2D eigenvalue weighted by molar-refractivity contribution is 0.251. The molecule has 100 valence electrons. The summed E-state index contributed by atoms with van der Waals surface area (Å²) in [6.07, 6.45) is 2.66. The fourth-order valence-electron chi connectivity index (χ4n) is 2.60. The van der Waals surface area contributed by atoms with Gasteiger partial charge in [-0.2, -0.15) is 0 Å². The number of hydrogen-bond donors (Lipinski definition) is 2. The van der Waals surface area contributed by atoms with Gasteiger partial charge in [0.15, 0.2) is 9.84 Å². The summed E-state index contributed by atoms with van der Waals surface area (Å²) in [7, 11) is -2.78. The van der Waals surface area contributed by atoms with E-state index in [-0.39, 0.29) is 0 Å². The van der Waals surface area contributed by atoms with Gasteiger partial charge < -0.3 is 10.3 Å². The average Bonchev–Trinajstić information content (AvgIpc) is 2.79. The van der Waals surface area contributed by atoms with Crippen molar-refractivity contribution in [1.82, 2.24) is 20.2 Å². The lowest BCUT2D eigenvalue weighted by atomic mass is 10.1. The van der Waals surface area contributed by atoms with Gasteiger partial charge in [-0.05, 0) is 0 Å². The van der Waals surface area contributed by atoms with Crippen molar-refractivity contribution in [3.8, 4) is 0 Å². The minimum absolute atomic E-state index is 0.299. The summed E-state index contributed by atoms with van der Waals surface area (Å²) in [4.78, 5) is 9.67. The molecule has 2 aliphatic heterocycles. The summed E-state index contributed by atoms with van der Waals surface area (Å²) >= 11 is 0. The Labute approximate surface area is 107 Å². The molecule has 0 radical (unpaired) electrons. The van der Waals surface area contributed by atoms with Crippen molar-refractivity contribution in [3.05, 3.63) is 17.7 Å². The van der Waals surface area contributed by atoms with Crippen LogP contribution >= 0.6 is 0 Å². The molecule has 1 aromatic heterocycles. The topological polar surface area (TPSA) is 78.1 Å². The van der Waals surface area contributed by atoms with E-state index in [0.29, 0.717) is 30.6 Å². The molecule has 0 saturated carbocycles. The van der Waals surface area contributed by atoms with Crippen molar-refractivity contribution in [3.63, 3.8) is 0 Å². The van der Waals surface area contributed by atoms with Crippen LogP contribution in [0.3, 0.4) is 0 Å². The standard InChI is InChI=1S/C11H18N4O2S/c16-18(17)3-1-15(2-4-18)7-9-5-10-11(6-12-9)14-8-13-10/h8-9,12H,1-7H2,(H,13,14). The molecule has 1 aromatic rings. The molecular weight excluding hydrogens is 252 g/mol. The van der Waals surface area contributed by atoms with Crippen LogP contribution in [0.1, 0.15) is 11.4 Å². The summed E-state index contributed by atoms with van der Waals surface area (Å²) < 4.78 is 22.7. The Morgan fingerprint density at radius 3 is 2.94 bits per heavy atom. The number of nitrogens with one attached hydrogen (secondary N) is 2. The first-order valence-electron chi connectivity index (χ1n) is 6.30. The molecule has 1 fully saturated rings. The maximum atomic E-state index is 11.4. The van der Waals surface area contributed by atoms with Crippen molar-refractivity contribution in [2.24, 2.45) is 0 Å². The van der Waals surface area contributed by atoms with Gasteiger partial charge in [0.1, 0.15) is 0 Å². The van der Waals surface area contributed by atoms with Crippen molar-refractivity contribution in [2.75, 3.05) is 31.1 Å². The number of H-pyrrole nitrogens is 1. The number of rotatable bonds is 2. The maximum absolute atomic E-state index is 11.4. The van der Waals surface area contributed by atoms with Gasteiger partial charge in [0.2, 0.25) is 0 Å². The Morgan fingerprint density at radius 2 is 2.17 bits per heavy atom. The highest BCUT2D eigenvalue weighted by molar-refractivity contribution is 7.91. The second-order valence-corrected chi connectivity index (χ2v) is 7.37. The van der Waals surface area contributed by atoms with Gasteiger partial charge in [-0.1, -0.05) is 0 Å². The minimum atomic E-state index is -2.78. The zero-order valence-corrected chi connectivity index (χ0v) is 11.0. The number of imidazole rings is 1. The predicted octanol–water partition coefficient (Wildman–Crippen LogP) is -0.846. The normalized spacial score (nSPS) is 27.9. The van der Waals surface area contributed by atoms with E-state index in [2.05, 4.69) is 20.2 Å². The Kier molecular flexibility index (Phi) is 3.13. The van der Waals surface area contributed by atoms with Gasteiger partial charge in [0.25, 0.3) is 0 Å². The minimum Gasteiger partial charge on any atom is -0.347 e. The van der Waals surface area contributed by atoms with E-state index < -0.39 is 9.84 Å². The van der Waals surface area contributed by atoms with Crippen LogP contribution in [0.4, 0.5) is 0 Å². The van der Waals surface area contributed by atoms with Crippen LogP contribution in [-0.4, -0.2) is 60.5 Å². The van der Waals surface area contributed by atoms with Crippen LogP contribution in [0.25, 0.3) is 0 Å².